The number of carbonyl (C=O) groups is 1. The highest BCUT2D eigenvalue weighted by molar-refractivity contribution is 6.04. The fourth-order valence-corrected chi connectivity index (χ4v) is 2.47. The Morgan fingerprint density at radius 3 is 2.56 bits per heavy atom. The zero-order valence-electron chi connectivity index (χ0n) is 15.7. The van der Waals surface area contributed by atoms with E-state index in [1.54, 1.807) is 12.1 Å². The second kappa shape index (κ2) is 11.6. The van der Waals surface area contributed by atoms with Gasteiger partial charge < -0.3 is 9.64 Å². The summed E-state index contributed by atoms with van der Waals surface area (Å²) in [7, 11) is 0. The number of amides is 1. The third kappa shape index (κ3) is 7.65. The molecule has 5 nitrogen and oxygen atoms in total. The lowest BCUT2D eigenvalue weighted by Crippen LogP contribution is -2.34. The van der Waals surface area contributed by atoms with Crippen molar-refractivity contribution in [3.63, 3.8) is 0 Å². The zero-order valence-corrected chi connectivity index (χ0v) is 15.7. The molecule has 0 aliphatic carbocycles. The number of nitrogens with one attached hydrogen (secondary N) is 1. The first-order valence-electron chi connectivity index (χ1n) is 9.00. The summed E-state index contributed by atoms with van der Waals surface area (Å²) in [5, 5.41) is 2.57. The smallest absolute Gasteiger partial charge is 0.291 e. The first kappa shape index (κ1) is 21.1. The van der Waals surface area contributed by atoms with Gasteiger partial charge in [0.2, 0.25) is 0 Å². The highest BCUT2D eigenvalue weighted by Crippen LogP contribution is 2.07. The van der Waals surface area contributed by atoms with Crippen LogP contribution < -0.4 is 5.32 Å². The van der Waals surface area contributed by atoms with Crippen molar-refractivity contribution < 1.29 is 13.9 Å². The quantitative estimate of drug-likeness (QED) is 0.547. The third-order valence-corrected chi connectivity index (χ3v) is 3.95. The molecule has 1 aromatic carbocycles. The van der Waals surface area contributed by atoms with E-state index in [9.17, 15) is 9.18 Å². The lowest BCUT2D eigenvalue weighted by Gasteiger charge is -2.18. The topological polar surface area (TPSA) is 53.9 Å². The van der Waals surface area contributed by atoms with Gasteiger partial charge in [0.1, 0.15) is 5.82 Å². The van der Waals surface area contributed by atoms with E-state index >= 15 is 0 Å². The number of hydrogen-bond acceptors (Lipinski definition) is 4. The van der Waals surface area contributed by atoms with Crippen LogP contribution in [0.3, 0.4) is 0 Å². The number of ether oxygens (including phenoxy) is 1. The van der Waals surface area contributed by atoms with E-state index in [0.29, 0.717) is 6.61 Å². The molecule has 0 saturated heterocycles. The van der Waals surface area contributed by atoms with Gasteiger partial charge in [-0.05, 0) is 58.5 Å². The fourth-order valence-electron chi connectivity index (χ4n) is 2.47. The minimum absolute atomic E-state index is 0.0121. The highest BCUT2D eigenvalue weighted by Gasteiger charge is 2.14. The maximum atomic E-state index is 13.7. The first-order chi connectivity index (χ1) is 12.0. The molecule has 1 N–H and O–H groups in total. The Bertz CT molecular complexity index is 559. The standard InChI is InChI=1S/C19H30FN3O2/c1-5-23(6-2)14-10-11-15(4)21-19(25-7-3)22-18(24)16-12-8-9-13-17(16)20/h8-9,12-13,15H,5-7,10-11,14H2,1-4H3,(H,21,22,24)/t15-/m1/s1. The Labute approximate surface area is 150 Å². The molecule has 1 aromatic rings. The van der Waals surface area contributed by atoms with E-state index in [4.69, 9.17) is 4.74 Å². The largest absolute Gasteiger partial charge is 0.465 e. The van der Waals surface area contributed by atoms with Crippen LogP contribution in [0.15, 0.2) is 29.3 Å². The summed E-state index contributed by atoms with van der Waals surface area (Å²) in [4.78, 5) is 19.0. The van der Waals surface area contributed by atoms with Crippen LogP contribution in [0.1, 0.15) is 50.9 Å². The van der Waals surface area contributed by atoms with Crippen molar-refractivity contribution in [1.82, 2.24) is 10.2 Å². The van der Waals surface area contributed by atoms with E-state index < -0.39 is 11.7 Å². The van der Waals surface area contributed by atoms with Gasteiger partial charge in [-0.25, -0.2) is 9.38 Å². The summed E-state index contributed by atoms with van der Waals surface area (Å²) in [6, 6.07) is 6.00. The number of halogens is 1. The summed E-state index contributed by atoms with van der Waals surface area (Å²) in [5.74, 6) is -1.12. The number of benzene rings is 1. The molecule has 0 bridgehead atoms. The molecule has 6 heteroatoms. The number of nitrogens with zero attached hydrogens (tertiary/aromatic N) is 2. The van der Waals surface area contributed by atoms with Crippen LogP contribution in [0.25, 0.3) is 0 Å². The molecular formula is C19H30FN3O2. The van der Waals surface area contributed by atoms with Crippen molar-refractivity contribution in [1.29, 1.82) is 0 Å². The third-order valence-electron chi connectivity index (χ3n) is 3.95. The molecule has 1 rings (SSSR count). The monoisotopic (exact) mass is 351 g/mol. The Morgan fingerprint density at radius 2 is 1.96 bits per heavy atom. The normalized spacial score (nSPS) is 13.0. The molecule has 140 valence electrons. The first-order valence-corrected chi connectivity index (χ1v) is 9.00. The molecule has 1 amide bonds. The number of carbonyl (C=O) groups excluding carboxylic acids is 1. The number of aliphatic imine (C=N–C) groups is 1. The average Bonchev–Trinajstić information content (AvgIpc) is 2.59. The second-order valence-corrected chi connectivity index (χ2v) is 5.82. The van der Waals surface area contributed by atoms with Crippen molar-refractivity contribution in [2.45, 2.75) is 46.6 Å². The van der Waals surface area contributed by atoms with Gasteiger partial charge in [-0.1, -0.05) is 26.0 Å². The fraction of sp³-hybridized carbons (Fsp3) is 0.579. The average molecular weight is 351 g/mol. The predicted molar refractivity (Wildman–Crippen MR) is 99.4 cm³/mol. The summed E-state index contributed by atoms with van der Waals surface area (Å²) in [6.45, 7) is 11.6. The van der Waals surface area contributed by atoms with Crippen LogP contribution in [0, 0.1) is 5.82 Å². The molecule has 0 aliphatic heterocycles. The molecule has 0 unspecified atom stereocenters. The van der Waals surface area contributed by atoms with Gasteiger partial charge in [0.15, 0.2) is 0 Å². The Hall–Kier alpha value is -1.95. The summed E-state index contributed by atoms with van der Waals surface area (Å²) in [5.41, 5.74) is -0.0240. The number of rotatable bonds is 9. The van der Waals surface area contributed by atoms with Gasteiger partial charge in [0, 0.05) is 0 Å². The maximum absolute atomic E-state index is 13.7. The molecule has 0 aliphatic rings. The van der Waals surface area contributed by atoms with Gasteiger partial charge >= 0.3 is 0 Å². The number of amidine groups is 1. The maximum Gasteiger partial charge on any atom is 0.291 e. The van der Waals surface area contributed by atoms with Crippen molar-refractivity contribution in [3.8, 4) is 0 Å². The van der Waals surface area contributed by atoms with Crippen molar-refractivity contribution >= 4 is 11.9 Å². The second-order valence-electron chi connectivity index (χ2n) is 5.82. The molecule has 0 spiro atoms. The SMILES string of the molecule is CCOC(=N[C@H](C)CCCN(CC)CC)NC(=O)c1ccccc1F. The van der Waals surface area contributed by atoms with Crippen LogP contribution in [0.2, 0.25) is 0 Å². The van der Waals surface area contributed by atoms with Crippen molar-refractivity contribution in [3.05, 3.63) is 35.6 Å². The van der Waals surface area contributed by atoms with Crippen LogP contribution in [-0.4, -0.2) is 49.1 Å². The molecule has 0 fully saturated rings. The van der Waals surface area contributed by atoms with E-state index in [0.717, 1.165) is 32.5 Å². The summed E-state index contributed by atoms with van der Waals surface area (Å²) < 4.78 is 19.1. The van der Waals surface area contributed by atoms with Crippen molar-refractivity contribution in [2.75, 3.05) is 26.2 Å². The van der Waals surface area contributed by atoms with Gasteiger partial charge in [0.05, 0.1) is 18.2 Å². The van der Waals surface area contributed by atoms with Gasteiger partial charge in [-0.3, -0.25) is 10.1 Å². The van der Waals surface area contributed by atoms with Gasteiger partial charge in [-0.15, -0.1) is 0 Å². The van der Waals surface area contributed by atoms with Crippen LogP contribution in [-0.2, 0) is 4.74 Å². The summed E-state index contributed by atoms with van der Waals surface area (Å²) >= 11 is 0. The minimum Gasteiger partial charge on any atom is -0.465 e. The van der Waals surface area contributed by atoms with E-state index in [2.05, 4.69) is 29.1 Å². The van der Waals surface area contributed by atoms with Crippen LogP contribution in [0.4, 0.5) is 4.39 Å². The Morgan fingerprint density at radius 1 is 1.28 bits per heavy atom. The van der Waals surface area contributed by atoms with E-state index in [-0.39, 0.29) is 17.6 Å². The number of hydrogen-bond donors (Lipinski definition) is 1. The molecule has 0 saturated carbocycles. The zero-order chi connectivity index (χ0) is 18.7. The van der Waals surface area contributed by atoms with Crippen LogP contribution >= 0.6 is 0 Å². The molecule has 0 radical (unpaired) electrons. The Kier molecular flexibility index (Phi) is 9.77. The van der Waals surface area contributed by atoms with E-state index in [1.807, 2.05) is 13.8 Å². The molecular weight excluding hydrogens is 321 g/mol. The molecule has 25 heavy (non-hydrogen) atoms. The van der Waals surface area contributed by atoms with Crippen LogP contribution in [0.5, 0.6) is 0 Å². The van der Waals surface area contributed by atoms with E-state index in [1.165, 1.54) is 12.1 Å². The lowest BCUT2D eigenvalue weighted by atomic mass is 10.2. The van der Waals surface area contributed by atoms with Gasteiger partial charge in [-0.2, -0.15) is 0 Å². The molecule has 0 heterocycles. The minimum atomic E-state index is -0.567. The predicted octanol–water partition coefficient (Wildman–Crippen LogP) is 3.46. The van der Waals surface area contributed by atoms with Crippen molar-refractivity contribution in [2.24, 2.45) is 4.99 Å². The van der Waals surface area contributed by atoms with Gasteiger partial charge in [0.25, 0.3) is 11.9 Å². The summed E-state index contributed by atoms with van der Waals surface area (Å²) in [6.07, 6.45) is 1.91. The molecule has 1 atom stereocenters. The molecule has 0 aromatic heterocycles. The lowest BCUT2D eigenvalue weighted by molar-refractivity contribution is 0.0962. The Balaban J connectivity index is 2.63. The highest BCUT2D eigenvalue weighted by atomic mass is 19.1.